The van der Waals surface area contributed by atoms with Crippen molar-refractivity contribution in [2.45, 2.75) is 450 Å². The largest absolute Gasteiger partial charge is 0.756 e. The van der Waals surface area contributed by atoms with Crippen molar-refractivity contribution in [3.63, 3.8) is 0 Å². The van der Waals surface area contributed by atoms with Crippen molar-refractivity contribution in [2.75, 3.05) is 40.9 Å². The fourth-order valence-electron chi connectivity index (χ4n) is 12.8. The Labute approximate surface area is 562 Å². The number of allylic oxidation sites excluding steroid dienone is 1. The highest BCUT2D eigenvalue weighted by atomic mass is 31.2. The number of hydrogen-bond acceptors (Lipinski definition) is 7. The van der Waals surface area contributed by atoms with E-state index in [1.165, 1.54) is 347 Å². The summed E-state index contributed by atoms with van der Waals surface area (Å²) >= 11 is 0. The number of carbonyl (C=O) groups is 2. The van der Waals surface area contributed by atoms with Gasteiger partial charge < -0.3 is 28.5 Å². The summed E-state index contributed by atoms with van der Waals surface area (Å²) in [6.45, 7) is 6.94. The third-order valence-electron chi connectivity index (χ3n) is 19.0. The van der Waals surface area contributed by atoms with Crippen LogP contribution in [-0.4, -0.2) is 69.4 Å². The first-order valence-corrected chi connectivity index (χ1v) is 42.0. The number of carbonyl (C=O) groups excluding carboxylic acids is 2. The molecule has 536 valence electrons. The van der Waals surface area contributed by atoms with E-state index in [4.69, 9.17) is 13.8 Å². The molecule has 0 fully saturated rings. The summed E-state index contributed by atoms with van der Waals surface area (Å²) in [6, 6.07) is -0.882. The Morgan fingerprint density at radius 1 is 0.378 bits per heavy atom. The molecule has 0 aromatic rings. The van der Waals surface area contributed by atoms with Gasteiger partial charge in [0.2, 0.25) is 5.91 Å². The molecule has 1 N–H and O–H groups in total. The van der Waals surface area contributed by atoms with E-state index in [-0.39, 0.29) is 31.5 Å². The average Bonchev–Trinajstić information content (AvgIpc) is 3.33. The van der Waals surface area contributed by atoms with Crippen LogP contribution in [0, 0.1) is 0 Å². The number of likely N-dealkylation sites (N-methyl/N-ethyl adjacent to an activating group) is 1. The second-order valence-electron chi connectivity index (χ2n) is 29.3. The van der Waals surface area contributed by atoms with E-state index in [0.29, 0.717) is 17.4 Å². The predicted molar refractivity (Wildman–Crippen MR) is 390 cm³/mol. The molecule has 0 spiro atoms. The molecule has 0 aliphatic heterocycles. The van der Waals surface area contributed by atoms with E-state index < -0.39 is 20.0 Å². The van der Waals surface area contributed by atoms with Crippen molar-refractivity contribution in [2.24, 2.45) is 0 Å². The molecule has 1 amide bonds. The van der Waals surface area contributed by atoms with Gasteiger partial charge in [-0.3, -0.25) is 14.2 Å². The summed E-state index contributed by atoms with van der Waals surface area (Å²) in [7, 11) is 1.22. The van der Waals surface area contributed by atoms with Crippen LogP contribution in [0.25, 0.3) is 0 Å². The van der Waals surface area contributed by atoms with E-state index in [9.17, 15) is 19.0 Å². The third-order valence-corrected chi connectivity index (χ3v) is 19.9. The summed E-state index contributed by atoms with van der Waals surface area (Å²) < 4.78 is 30.6. The van der Waals surface area contributed by atoms with Crippen molar-refractivity contribution in [1.29, 1.82) is 0 Å². The van der Waals surface area contributed by atoms with E-state index in [1.54, 1.807) is 0 Å². The number of ether oxygens (including phenoxy) is 1. The lowest BCUT2D eigenvalue weighted by Crippen LogP contribution is -2.47. The van der Waals surface area contributed by atoms with Gasteiger partial charge in [0.1, 0.15) is 19.3 Å². The molecule has 0 saturated carbocycles. The number of hydrogen-bond donors (Lipinski definition) is 1. The Bertz CT molecular complexity index is 1540. The zero-order valence-corrected chi connectivity index (χ0v) is 62.5. The molecule has 0 bridgehead atoms. The van der Waals surface area contributed by atoms with Gasteiger partial charge >= 0.3 is 5.97 Å². The summed E-state index contributed by atoms with van der Waals surface area (Å²) in [4.78, 5) is 40.3. The lowest BCUT2D eigenvalue weighted by Gasteiger charge is -2.30. The van der Waals surface area contributed by atoms with Gasteiger partial charge in [-0.25, -0.2) is 0 Å². The normalized spacial score (nSPS) is 13.4. The fraction of sp³-hybridized carbons (Fsp3) is 0.950. The molecule has 0 aromatic carbocycles. The van der Waals surface area contributed by atoms with Gasteiger partial charge in [0.05, 0.1) is 33.8 Å². The van der Waals surface area contributed by atoms with E-state index in [0.717, 1.165) is 57.8 Å². The van der Waals surface area contributed by atoms with Gasteiger partial charge in [0.15, 0.2) is 0 Å². The topological polar surface area (TPSA) is 114 Å². The number of nitrogens with zero attached hydrogens (tertiary/aromatic N) is 1. The third kappa shape index (κ3) is 71.1. The molecule has 0 rings (SSSR count). The monoisotopic (exact) mass is 1290 g/mol. The molecule has 0 aliphatic carbocycles. The summed E-state index contributed by atoms with van der Waals surface area (Å²) in [5, 5.41) is 3.06. The minimum Gasteiger partial charge on any atom is -0.756 e. The van der Waals surface area contributed by atoms with Crippen LogP contribution in [0.4, 0.5) is 0 Å². The van der Waals surface area contributed by atoms with Gasteiger partial charge in [-0.05, 0) is 31.8 Å². The number of quaternary nitrogens is 1. The molecule has 90 heavy (non-hydrogen) atoms. The maximum Gasteiger partial charge on any atom is 0.306 e. The lowest BCUT2D eigenvalue weighted by molar-refractivity contribution is -0.870. The van der Waals surface area contributed by atoms with E-state index in [1.807, 2.05) is 33.3 Å². The highest BCUT2D eigenvalue weighted by Gasteiger charge is 2.27. The van der Waals surface area contributed by atoms with Crippen LogP contribution in [0.1, 0.15) is 438 Å². The molecular formula is C80H159N2O7P. The number of phosphoric ester groups is 1. The highest BCUT2D eigenvalue weighted by molar-refractivity contribution is 7.45. The minimum absolute atomic E-state index is 0.0162. The standard InChI is InChI=1S/C80H159N2O7P/c1-7-10-13-16-19-22-25-28-30-32-34-36-38-40-41-43-45-47-49-51-53-55-58-61-64-67-70-73-80(84)89-78(71-68-65-62-59-56-27-24-21-18-15-12-9-3)77(76-88-90(85,86)87-75-74-82(4,5)6)81-79(83)72-69-66-63-60-57-54-52-50-48-46-44-42-39-37-35-33-31-29-26-23-20-17-14-11-8-2/h68,71,77-78H,7-67,69-70,72-76H2,1-6H3,(H-,81,83,85,86)/b71-68+. The first-order valence-electron chi connectivity index (χ1n) is 40.5. The molecule has 9 nitrogen and oxygen atoms in total. The molecule has 0 aromatic heterocycles. The average molecular weight is 1290 g/mol. The maximum atomic E-state index is 13.6. The molecule has 3 atom stereocenters. The van der Waals surface area contributed by atoms with Crippen LogP contribution in [0.3, 0.4) is 0 Å². The second-order valence-corrected chi connectivity index (χ2v) is 30.7. The van der Waals surface area contributed by atoms with E-state index in [2.05, 4.69) is 26.1 Å². The molecule has 0 heterocycles. The highest BCUT2D eigenvalue weighted by Crippen LogP contribution is 2.38. The SMILES string of the molecule is CCCCCCCCCCCC/C=C/C(OC(=O)CCCCCCCCCCCCCCCCCCCCCCCCCCCCC)C(COP(=O)([O-])OCC[N+](C)(C)C)NC(=O)CCCCCCCCCCCCCCCCCCCCCCCCCCC. The Balaban J connectivity index is 4.85. The molecule has 0 radical (unpaired) electrons. The van der Waals surface area contributed by atoms with E-state index >= 15 is 0 Å². The number of nitrogens with one attached hydrogen (secondary N) is 1. The predicted octanol–water partition coefficient (Wildman–Crippen LogP) is 25.6. The number of amides is 1. The zero-order valence-electron chi connectivity index (χ0n) is 61.6. The van der Waals surface area contributed by atoms with Crippen LogP contribution < -0.4 is 10.2 Å². The summed E-state index contributed by atoms with van der Waals surface area (Å²) in [5.74, 6) is -0.508. The van der Waals surface area contributed by atoms with Crippen molar-refractivity contribution >= 4 is 19.7 Å². The fourth-order valence-corrected chi connectivity index (χ4v) is 13.5. The van der Waals surface area contributed by atoms with Gasteiger partial charge in [-0.15, -0.1) is 0 Å². The number of rotatable bonds is 76. The molecule has 0 saturated heterocycles. The van der Waals surface area contributed by atoms with Gasteiger partial charge in [0, 0.05) is 12.8 Å². The van der Waals surface area contributed by atoms with Crippen LogP contribution >= 0.6 is 7.82 Å². The Morgan fingerprint density at radius 3 is 0.911 bits per heavy atom. The van der Waals surface area contributed by atoms with Crippen LogP contribution in [0.2, 0.25) is 0 Å². The Hall–Kier alpha value is -1.25. The number of phosphoric acid groups is 1. The first-order chi connectivity index (χ1) is 43.9. The van der Waals surface area contributed by atoms with Gasteiger partial charge in [0.25, 0.3) is 7.82 Å². The van der Waals surface area contributed by atoms with Crippen LogP contribution in [0.15, 0.2) is 12.2 Å². The number of esters is 1. The lowest BCUT2D eigenvalue weighted by atomic mass is 10.0. The first kappa shape index (κ1) is 88.8. The quantitative estimate of drug-likeness (QED) is 0.0212. The van der Waals surface area contributed by atoms with Crippen molar-refractivity contribution in [1.82, 2.24) is 5.32 Å². The molecule has 0 aliphatic rings. The smallest absolute Gasteiger partial charge is 0.306 e. The minimum atomic E-state index is -4.70. The van der Waals surface area contributed by atoms with Crippen molar-refractivity contribution < 1.29 is 37.3 Å². The maximum absolute atomic E-state index is 13.6. The molecule has 10 heteroatoms. The van der Waals surface area contributed by atoms with Gasteiger partial charge in [-0.1, -0.05) is 406 Å². The molecular weight excluding hydrogens is 1130 g/mol. The Morgan fingerprint density at radius 2 is 0.633 bits per heavy atom. The van der Waals surface area contributed by atoms with Crippen LogP contribution in [-0.2, 0) is 27.9 Å². The zero-order chi connectivity index (χ0) is 65.6. The molecule has 3 unspecified atom stereocenters. The van der Waals surface area contributed by atoms with Crippen molar-refractivity contribution in [3.8, 4) is 0 Å². The van der Waals surface area contributed by atoms with Gasteiger partial charge in [-0.2, -0.15) is 0 Å². The Kier molecular flexibility index (Phi) is 69.6. The second kappa shape index (κ2) is 70.5. The summed E-state index contributed by atoms with van der Waals surface area (Å²) in [6.07, 6.45) is 86.6. The van der Waals surface area contributed by atoms with Crippen LogP contribution in [0.5, 0.6) is 0 Å². The number of unbranched alkanes of at least 4 members (excludes halogenated alkanes) is 60. The van der Waals surface area contributed by atoms with Crippen molar-refractivity contribution in [3.05, 3.63) is 12.2 Å². The summed E-state index contributed by atoms with van der Waals surface area (Å²) in [5.41, 5.74) is 0.